The van der Waals surface area contributed by atoms with E-state index < -0.39 is 0 Å². The lowest BCUT2D eigenvalue weighted by Crippen LogP contribution is -2.12. The molecule has 1 N–H and O–H groups in total. The predicted octanol–water partition coefficient (Wildman–Crippen LogP) is 2.44. The molecule has 0 aliphatic carbocycles. The first kappa shape index (κ1) is 8.65. The summed E-state index contributed by atoms with van der Waals surface area (Å²) in [5, 5.41) is 3.07. The number of nitrogens with one attached hydrogen (secondary N) is 1. The third-order valence-corrected chi connectivity index (χ3v) is 1.44. The Kier molecular flexibility index (Phi) is 3.20. The molecule has 12 heavy (non-hydrogen) atoms. The smallest absolute Gasteiger partial charge is 0.146 e. The molecular weight excluding hydrogens is 150 g/mol. The number of allylic oxidation sites excluding steroid dienone is 3. The molecule has 2 heteroatoms. The van der Waals surface area contributed by atoms with E-state index >= 15 is 0 Å². The van der Waals surface area contributed by atoms with Crippen molar-refractivity contribution < 1.29 is 4.74 Å². The lowest BCUT2D eigenvalue weighted by atomic mass is 10.2. The lowest BCUT2D eigenvalue weighted by Gasteiger charge is -2.14. The fourth-order valence-corrected chi connectivity index (χ4v) is 0.957. The van der Waals surface area contributed by atoms with E-state index in [9.17, 15) is 0 Å². The highest BCUT2D eigenvalue weighted by molar-refractivity contribution is 5.30. The molecule has 2 nitrogen and oxygen atoms in total. The zero-order valence-electron chi connectivity index (χ0n) is 7.21. The summed E-state index contributed by atoms with van der Waals surface area (Å²) in [6.07, 6.45) is 9.97. The normalized spacial score (nSPS) is 22.1. The van der Waals surface area contributed by atoms with Crippen LogP contribution in [-0.4, -0.2) is 0 Å². The van der Waals surface area contributed by atoms with Gasteiger partial charge in [-0.2, -0.15) is 0 Å². The molecule has 1 heterocycles. The van der Waals surface area contributed by atoms with E-state index in [1.807, 2.05) is 12.2 Å². The summed E-state index contributed by atoms with van der Waals surface area (Å²) in [7, 11) is 0. The van der Waals surface area contributed by atoms with Gasteiger partial charge in [0.05, 0.1) is 5.70 Å². The molecule has 0 aromatic carbocycles. The van der Waals surface area contributed by atoms with Gasteiger partial charge >= 0.3 is 0 Å². The summed E-state index contributed by atoms with van der Waals surface area (Å²) >= 11 is 0. The highest BCUT2D eigenvalue weighted by Gasteiger charge is 2.05. The van der Waals surface area contributed by atoms with Crippen molar-refractivity contribution in [3.63, 3.8) is 0 Å². The largest absolute Gasteiger partial charge is 0.462 e. The molecule has 0 bridgehead atoms. The van der Waals surface area contributed by atoms with E-state index in [0.29, 0.717) is 0 Å². The van der Waals surface area contributed by atoms with Crippen LogP contribution in [0.25, 0.3) is 0 Å². The van der Waals surface area contributed by atoms with Gasteiger partial charge in [-0.05, 0) is 18.6 Å². The molecule has 0 saturated heterocycles. The van der Waals surface area contributed by atoms with Crippen LogP contribution in [0.2, 0.25) is 0 Å². The minimum absolute atomic E-state index is 0.861. The van der Waals surface area contributed by atoms with E-state index in [4.69, 9.17) is 4.74 Å². The molecule has 1 aliphatic heterocycles. The van der Waals surface area contributed by atoms with Crippen molar-refractivity contribution in [3.05, 3.63) is 48.7 Å². The fourth-order valence-electron chi connectivity index (χ4n) is 0.957. The van der Waals surface area contributed by atoms with Crippen molar-refractivity contribution in [1.29, 1.82) is 0 Å². The molecular formula is C10H13NO. The molecule has 0 amide bonds. The summed E-state index contributed by atoms with van der Waals surface area (Å²) in [6.45, 7) is 5.70. The highest BCUT2D eigenvalue weighted by atomic mass is 16.5. The first-order chi connectivity index (χ1) is 5.88. The maximum absolute atomic E-state index is 5.29. The van der Waals surface area contributed by atoms with Crippen molar-refractivity contribution in [2.24, 2.45) is 0 Å². The Morgan fingerprint density at radius 2 is 2.50 bits per heavy atom. The third-order valence-electron chi connectivity index (χ3n) is 1.44. The van der Waals surface area contributed by atoms with Crippen LogP contribution < -0.4 is 5.32 Å². The van der Waals surface area contributed by atoms with Gasteiger partial charge in [-0.25, -0.2) is 0 Å². The molecule has 1 rings (SSSR count). The Balaban J connectivity index is 2.83. The Morgan fingerprint density at radius 3 is 3.17 bits per heavy atom. The number of hydrogen-bond acceptors (Lipinski definition) is 2. The molecule has 0 unspecified atom stereocenters. The Morgan fingerprint density at radius 1 is 1.67 bits per heavy atom. The second-order valence-corrected chi connectivity index (χ2v) is 2.36. The van der Waals surface area contributed by atoms with Gasteiger partial charge in [0, 0.05) is 6.20 Å². The Bertz CT molecular complexity index is 249. The maximum Gasteiger partial charge on any atom is 0.146 e. The predicted molar refractivity (Wildman–Crippen MR) is 50.0 cm³/mol. The topological polar surface area (TPSA) is 21.3 Å². The van der Waals surface area contributed by atoms with Crippen molar-refractivity contribution in [3.8, 4) is 0 Å². The van der Waals surface area contributed by atoms with Gasteiger partial charge in [0.15, 0.2) is 0 Å². The Hall–Kier alpha value is -1.44. The van der Waals surface area contributed by atoms with Crippen LogP contribution in [0.1, 0.15) is 13.3 Å². The Labute approximate surface area is 72.9 Å². The van der Waals surface area contributed by atoms with Crippen LogP contribution in [-0.2, 0) is 4.74 Å². The van der Waals surface area contributed by atoms with Gasteiger partial charge in [0.25, 0.3) is 0 Å². The molecule has 1 aliphatic rings. The number of rotatable bonds is 2. The van der Waals surface area contributed by atoms with Gasteiger partial charge in [0.2, 0.25) is 0 Å². The van der Waals surface area contributed by atoms with Crippen molar-refractivity contribution in [2.45, 2.75) is 13.3 Å². The minimum Gasteiger partial charge on any atom is -0.462 e. The second-order valence-electron chi connectivity index (χ2n) is 2.36. The first-order valence-corrected chi connectivity index (χ1v) is 4.00. The summed E-state index contributed by atoms with van der Waals surface area (Å²) in [5.74, 6) is 0.861. The highest BCUT2D eigenvalue weighted by Crippen LogP contribution is 2.13. The summed E-state index contributed by atoms with van der Waals surface area (Å²) in [4.78, 5) is 0. The van der Waals surface area contributed by atoms with Crippen LogP contribution >= 0.6 is 0 Å². The van der Waals surface area contributed by atoms with Gasteiger partial charge in [-0.1, -0.05) is 19.6 Å². The molecule has 0 saturated carbocycles. The van der Waals surface area contributed by atoms with Crippen LogP contribution in [0, 0.1) is 0 Å². The van der Waals surface area contributed by atoms with Crippen molar-refractivity contribution in [1.82, 2.24) is 5.32 Å². The quantitative estimate of drug-likeness (QED) is 0.675. The van der Waals surface area contributed by atoms with Crippen LogP contribution in [0.15, 0.2) is 48.7 Å². The zero-order chi connectivity index (χ0) is 8.81. The molecule has 64 valence electrons. The standard InChI is InChI=1S/C10H13NO/c1-3-5-9-10(6-4-2)12-8-7-11-9/h3,5-8,11H,1,4H2,2H3/b9-5+,10-6+. The molecule has 0 aromatic heterocycles. The summed E-state index contributed by atoms with van der Waals surface area (Å²) < 4.78 is 5.29. The van der Waals surface area contributed by atoms with E-state index in [2.05, 4.69) is 18.8 Å². The minimum atomic E-state index is 0.861. The van der Waals surface area contributed by atoms with Gasteiger partial charge in [-0.15, -0.1) is 0 Å². The van der Waals surface area contributed by atoms with E-state index in [1.54, 1.807) is 18.5 Å². The first-order valence-electron chi connectivity index (χ1n) is 4.00. The van der Waals surface area contributed by atoms with Crippen LogP contribution in [0.5, 0.6) is 0 Å². The lowest BCUT2D eigenvalue weighted by molar-refractivity contribution is 0.340. The van der Waals surface area contributed by atoms with E-state index in [0.717, 1.165) is 17.9 Å². The fraction of sp³-hybridized carbons (Fsp3) is 0.200. The van der Waals surface area contributed by atoms with Crippen LogP contribution in [0.4, 0.5) is 0 Å². The molecule has 0 fully saturated rings. The molecule has 0 aromatic rings. The van der Waals surface area contributed by atoms with Crippen molar-refractivity contribution >= 4 is 0 Å². The summed E-state index contributed by atoms with van der Waals surface area (Å²) in [6, 6.07) is 0. The third kappa shape index (κ3) is 2.02. The van der Waals surface area contributed by atoms with Crippen molar-refractivity contribution in [2.75, 3.05) is 0 Å². The zero-order valence-corrected chi connectivity index (χ0v) is 7.21. The molecule has 0 spiro atoms. The van der Waals surface area contributed by atoms with E-state index in [1.165, 1.54) is 0 Å². The van der Waals surface area contributed by atoms with Gasteiger partial charge in [-0.3, -0.25) is 0 Å². The second kappa shape index (κ2) is 4.44. The average Bonchev–Trinajstić information content (AvgIpc) is 2.09. The maximum atomic E-state index is 5.29. The SMILES string of the molecule is C=C/C=C1/NC=CO/C1=C/CC. The number of ether oxygens (including phenoxy) is 1. The van der Waals surface area contributed by atoms with E-state index in [-0.39, 0.29) is 0 Å². The van der Waals surface area contributed by atoms with Gasteiger partial charge < -0.3 is 10.1 Å². The molecule has 0 radical (unpaired) electrons. The average molecular weight is 163 g/mol. The molecule has 0 atom stereocenters. The van der Waals surface area contributed by atoms with Crippen LogP contribution in [0.3, 0.4) is 0 Å². The number of hydrogen-bond donors (Lipinski definition) is 1. The summed E-state index contributed by atoms with van der Waals surface area (Å²) in [5.41, 5.74) is 0.953. The monoisotopic (exact) mass is 163 g/mol. The van der Waals surface area contributed by atoms with Gasteiger partial charge in [0.1, 0.15) is 12.0 Å².